The summed E-state index contributed by atoms with van der Waals surface area (Å²) < 4.78 is 59.9. The molecule has 41 heavy (non-hydrogen) atoms. The molecule has 0 bridgehead atoms. The molecule has 15 heteroatoms. The average molecular weight is 602 g/mol. The normalized spacial score (nSPS) is 11.4. The Kier molecular flexibility index (Phi) is 7.85. The lowest BCUT2D eigenvalue weighted by Gasteiger charge is -2.16. The topological polar surface area (TPSA) is 143 Å². The molecule has 5 aromatic rings. The zero-order chi connectivity index (χ0) is 29.1. The van der Waals surface area contributed by atoms with Crippen LogP contribution in [0.25, 0.3) is 28.5 Å². The van der Waals surface area contributed by atoms with Gasteiger partial charge in [0.15, 0.2) is 28.1 Å². The first-order chi connectivity index (χ1) is 19.7. The van der Waals surface area contributed by atoms with Crippen LogP contribution in [0, 0.1) is 5.82 Å². The number of aromatic nitrogens is 6. The van der Waals surface area contributed by atoms with Gasteiger partial charge in [-0.3, -0.25) is 14.3 Å². The van der Waals surface area contributed by atoms with Crippen molar-refractivity contribution in [1.82, 2.24) is 29.5 Å². The van der Waals surface area contributed by atoms with Gasteiger partial charge in [0, 0.05) is 7.49 Å². The van der Waals surface area contributed by atoms with Gasteiger partial charge in [0.2, 0.25) is 15.9 Å². The summed E-state index contributed by atoms with van der Waals surface area (Å²) in [4.78, 5) is 21.8. The zero-order valence-corrected chi connectivity index (χ0v) is 23.6. The third-order valence-corrected chi connectivity index (χ3v) is 7.15. The number of ether oxygens (including phenoxy) is 3. The Bertz CT molecular complexity index is 1820. The number of para-hydroxylation sites is 1. The van der Waals surface area contributed by atoms with Gasteiger partial charge in [0.1, 0.15) is 34.5 Å². The number of anilines is 1. The molecule has 0 aliphatic carbocycles. The van der Waals surface area contributed by atoms with E-state index in [9.17, 15) is 12.8 Å². The first-order valence-corrected chi connectivity index (χ1v) is 14.1. The maximum Gasteiger partial charge on any atom is 0.239 e. The number of nitrogens with zero attached hydrogens (tertiary/aromatic N) is 6. The van der Waals surface area contributed by atoms with Crippen molar-refractivity contribution in [3.63, 3.8) is 0 Å². The van der Waals surface area contributed by atoms with E-state index < -0.39 is 21.6 Å². The van der Waals surface area contributed by atoms with Crippen molar-refractivity contribution >= 4 is 38.7 Å². The van der Waals surface area contributed by atoms with Crippen LogP contribution in [0.2, 0.25) is 5.15 Å². The van der Waals surface area contributed by atoms with E-state index in [1.807, 2.05) is 6.92 Å². The molecule has 12 nitrogen and oxygen atoms in total. The molecular formula is C26H25ClFN7O5S. The van der Waals surface area contributed by atoms with Gasteiger partial charge in [-0.15, -0.1) is 0 Å². The lowest BCUT2D eigenvalue weighted by molar-refractivity contribution is 0.327. The summed E-state index contributed by atoms with van der Waals surface area (Å²) in [5.74, 6) is 0.0875. The number of nitrogens with one attached hydrogen (secondary N) is 1. The molecule has 5 rings (SSSR count). The van der Waals surface area contributed by atoms with Crippen LogP contribution in [0.4, 0.5) is 10.2 Å². The Morgan fingerprint density at radius 1 is 1.00 bits per heavy atom. The molecule has 0 atom stereocenters. The van der Waals surface area contributed by atoms with Gasteiger partial charge in [-0.05, 0) is 37.3 Å². The summed E-state index contributed by atoms with van der Waals surface area (Å²) in [5.41, 5.74) is 1.18. The molecule has 0 saturated carbocycles. The van der Waals surface area contributed by atoms with Crippen molar-refractivity contribution in [2.45, 2.75) is 12.7 Å². The molecule has 0 spiro atoms. The van der Waals surface area contributed by atoms with E-state index in [0.717, 1.165) is 12.3 Å². The summed E-state index contributed by atoms with van der Waals surface area (Å²) in [6.45, 7) is 2.25. The Balaban J connectivity index is 0.00000405. The average Bonchev–Trinajstić information content (AvgIpc) is 3.31. The van der Waals surface area contributed by atoms with E-state index in [4.69, 9.17) is 25.8 Å². The van der Waals surface area contributed by atoms with Crippen LogP contribution in [0.1, 0.15) is 14.0 Å². The minimum atomic E-state index is -4.08. The summed E-state index contributed by atoms with van der Waals surface area (Å²) >= 11 is 6.37. The molecule has 1 aromatic carbocycles. The smallest absolute Gasteiger partial charge is 0.239 e. The predicted octanol–water partition coefficient (Wildman–Crippen LogP) is 4.67. The van der Waals surface area contributed by atoms with Gasteiger partial charge in [0.25, 0.3) is 0 Å². The minimum Gasteiger partial charge on any atom is -0.494 e. The Morgan fingerprint density at radius 2 is 1.73 bits per heavy atom. The molecule has 1 N–H and O–H groups in total. The van der Waals surface area contributed by atoms with Crippen LogP contribution < -0.4 is 18.9 Å². The molecule has 0 unspecified atom stereocenters. The molecule has 0 aliphatic heterocycles. The van der Waals surface area contributed by atoms with Gasteiger partial charge < -0.3 is 14.2 Å². The molecule has 4 heterocycles. The van der Waals surface area contributed by atoms with Crippen molar-refractivity contribution in [2.24, 2.45) is 0 Å². The summed E-state index contributed by atoms with van der Waals surface area (Å²) in [7, 11) is -1.09. The minimum absolute atomic E-state index is 0. The number of halogens is 2. The van der Waals surface area contributed by atoms with Gasteiger partial charge in [-0.1, -0.05) is 23.7 Å². The van der Waals surface area contributed by atoms with E-state index >= 15 is 0 Å². The predicted molar refractivity (Wildman–Crippen MR) is 152 cm³/mol. The largest absolute Gasteiger partial charge is 0.494 e. The maximum absolute atomic E-state index is 13.2. The molecule has 0 aliphatic rings. The second-order valence-corrected chi connectivity index (χ2v) is 10.5. The monoisotopic (exact) mass is 601 g/mol. The Morgan fingerprint density at radius 3 is 2.39 bits per heavy atom. The molecule has 0 saturated heterocycles. The standard InChI is InChI=1S/C26H23ClFN7O5S.H2/c1-4-40-20-10-5-7-17(30-20)25-33-24-26(35(25)21-18(38-2)8-6-9-19(21)39-3)32-23(22(27)31-24)34-41(36,37)14-16-12-11-15(28)13-29-16;/h5-13H,4,14H2,1-3H3,(H,32,34);1H. The number of pyridine rings is 2. The fourth-order valence-corrected chi connectivity index (χ4v) is 5.31. The van der Waals surface area contributed by atoms with E-state index in [1.165, 1.54) is 20.3 Å². The van der Waals surface area contributed by atoms with Gasteiger partial charge in [0.05, 0.1) is 32.7 Å². The van der Waals surface area contributed by atoms with E-state index in [1.54, 1.807) is 41.0 Å². The quantitative estimate of drug-likeness (QED) is 0.240. The van der Waals surface area contributed by atoms with Crippen LogP contribution in [0.5, 0.6) is 17.4 Å². The Hall–Kier alpha value is -4.56. The first kappa shape index (κ1) is 28.0. The maximum atomic E-state index is 13.2. The number of benzene rings is 1. The first-order valence-electron chi connectivity index (χ1n) is 12.1. The van der Waals surface area contributed by atoms with Gasteiger partial charge >= 0.3 is 0 Å². The fraction of sp³-hybridized carbons (Fsp3) is 0.192. The van der Waals surface area contributed by atoms with Crippen molar-refractivity contribution in [2.75, 3.05) is 25.5 Å². The molecule has 4 aromatic heterocycles. The van der Waals surface area contributed by atoms with Crippen LogP contribution in [0.15, 0.2) is 54.7 Å². The molecule has 0 amide bonds. The van der Waals surface area contributed by atoms with E-state index in [-0.39, 0.29) is 35.2 Å². The highest BCUT2D eigenvalue weighted by Crippen LogP contribution is 2.38. The number of hydrogen-bond donors (Lipinski definition) is 1. The summed E-state index contributed by atoms with van der Waals surface area (Å²) in [5, 5.41) is -0.243. The summed E-state index contributed by atoms with van der Waals surface area (Å²) in [6.07, 6.45) is 0.930. The molecule has 0 fully saturated rings. The van der Waals surface area contributed by atoms with E-state index in [0.29, 0.717) is 35.4 Å². The van der Waals surface area contributed by atoms with Crippen LogP contribution in [-0.4, -0.2) is 58.7 Å². The van der Waals surface area contributed by atoms with E-state index in [2.05, 4.69) is 29.6 Å². The number of fused-ring (bicyclic) bond motifs is 1. The lowest BCUT2D eigenvalue weighted by atomic mass is 10.2. The molecular weight excluding hydrogens is 577 g/mol. The molecule has 214 valence electrons. The zero-order valence-electron chi connectivity index (χ0n) is 22.0. The number of imidazole rings is 1. The fourth-order valence-electron chi connectivity index (χ4n) is 4.01. The van der Waals surface area contributed by atoms with Crippen molar-refractivity contribution in [3.05, 3.63) is 71.4 Å². The van der Waals surface area contributed by atoms with Crippen LogP contribution in [-0.2, 0) is 15.8 Å². The second-order valence-electron chi connectivity index (χ2n) is 8.42. The third-order valence-electron chi connectivity index (χ3n) is 5.70. The highest BCUT2D eigenvalue weighted by Gasteiger charge is 2.26. The van der Waals surface area contributed by atoms with Crippen molar-refractivity contribution in [3.8, 4) is 34.6 Å². The van der Waals surface area contributed by atoms with Gasteiger partial charge in [-0.25, -0.2) is 32.7 Å². The van der Waals surface area contributed by atoms with Crippen LogP contribution >= 0.6 is 11.6 Å². The number of hydrogen-bond acceptors (Lipinski definition) is 10. The number of methoxy groups -OCH3 is 2. The highest BCUT2D eigenvalue weighted by molar-refractivity contribution is 7.91. The van der Waals surface area contributed by atoms with Gasteiger partial charge in [-0.2, -0.15) is 0 Å². The van der Waals surface area contributed by atoms with Crippen molar-refractivity contribution < 1.29 is 28.4 Å². The summed E-state index contributed by atoms with van der Waals surface area (Å²) in [6, 6.07) is 12.8. The third kappa shape index (κ3) is 5.83. The molecule has 0 radical (unpaired) electrons. The SMILES string of the molecule is CCOc1cccc(-c2nc3nc(Cl)c(NS(=O)(=O)Cc4ccc(F)cn4)nc3n2-c2c(OC)cccc2OC)n1.[HH]. The highest BCUT2D eigenvalue weighted by atomic mass is 35.5. The Labute approximate surface area is 240 Å². The lowest BCUT2D eigenvalue weighted by Crippen LogP contribution is -2.17. The number of sulfonamides is 1. The van der Waals surface area contributed by atoms with Crippen molar-refractivity contribution in [1.29, 1.82) is 0 Å². The number of rotatable bonds is 10. The second kappa shape index (κ2) is 11.5. The van der Waals surface area contributed by atoms with Crippen LogP contribution in [0.3, 0.4) is 0 Å².